The lowest BCUT2D eigenvalue weighted by molar-refractivity contribution is -0.121. The van der Waals surface area contributed by atoms with Crippen molar-refractivity contribution in [2.75, 3.05) is 0 Å². The third-order valence-electron chi connectivity index (χ3n) is 3.23. The lowest BCUT2D eigenvalue weighted by atomic mass is 10.2. The summed E-state index contributed by atoms with van der Waals surface area (Å²) in [5.74, 6) is -0.0181. The average molecular weight is 296 g/mol. The Hall–Kier alpha value is -2.96. The third-order valence-corrected chi connectivity index (χ3v) is 3.23. The number of carbonyl (C=O) groups is 1. The number of nitrogens with zero attached hydrogens (tertiary/aromatic N) is 4. The number of nitrogens with one attached hydrogen (secondary N) is 2. The molecule has 0 saturated heterocycles. The van der Waals surface area contributed by atoms with Crippen molar-refractivity contribution in [1.82, 2.24) is 30.5 Å². The summed E-state index contributed by atoms with van der Waals surface area (Å²) in [5, 5.41) is 17.2. The van der Waals surface area contributed by atoms with Gasteiger partial charge in [-0.25, -0.2) is 4.68 Å². The minimum atomic E-state index is -0.0181. The van der Waals surface area contributed by atoms with E-state index in [1.165, 1.54) is 0 Å². The fourth-order valence-electron chi connectivity index (χ4n) is 2.06. The summed E-state index contributed by atoms with van der Waals surface area (Å²) in [6.07, 6.45) is 6.39. The second-order valence-corrected chi connectivity index (χ2v) is 4.87. The number of rotatable bonds is 6. The Morgan fingerprint density at radius 1 is 1.23 bits per heavy atom. The molecule has 1 aromatic carbocycles. The van der Waals surface area contributed by atoms with Gasteiger partial charge in [0.2, 0.25) is 5.91 Å². The molecule has 3 rings (SSSR count). The van der Waals surface area contributed by atoms with Crippen LogP contribution < -0.4 is 5.32 Å². The highest BCUT2D eigenvalue weighted by Crippen LogP contribution is 2.09. The van der Waals surface area contributed by atoms with Gasteiger partial charge in [-0.2, -0.15) is 20.5 Å². The first-order valence-electron chi connectivity index (χ1n) is 7.01. The maximum atomic E-state index is 11.8. The number of para-hydroxylation sites is 1. The number of carbonyl (C=O) groups excluding carboxylic acids is 1. The van der Waals surface area contributed by atoms with Gasteiger partial charge in [-0.05, 0) is 24.1 Å². The molecular formula is C15H16N6O. The van der Waals surface area contributed by atoms with E-state index >= 15 is 0 Å². The molecule has 0 fully saturated rings. The SMILES string of the molecule is O=C(CCc1cnn(-c2ccccc2)c1)NCc1cn[nH]n1. The van der Waals surface area contributed by atoms with Crippen molar-refractivity contribution in [2.45, 2.75) is 19.4 Å². The fraction of sp³-hybridized carbons (Fsp3) is 0.200. The zero-order valence-corrected chi connectivity index (χ0v) is 11.9. The van der Waals surface area contributed by atoms with Crippen LogP contribution in [0, 0.1) is 0 Å². The lowest BCUT2D eigenvalue weighted by Gasteiger charge is -2.02. The number of amides is 1. The second-order valence-electron chi connectivity index (χ2n) is 4.87. The molecule has 0 aliphatic heterocycles. The van der Waals surface area contributed by atoms with E-state index in [0.29, 0.717) is 25.1 Å². The molecule has 0 aliphatic carbocycles. The largest absolute Gasteiger partial charge is 0.350 e. The van der Waals surface area contributed by atoms with Crippen LogP contribution in [0.5, 0.6) is 0 Å². The Morgan fingerprint density at radius 3 is 2.86 bits per heavy atom. The summed E-state index contributed by atoms with van der Waals surface area (Å²) in [7, 11) is 0. The first-order chi connectivity index (χ1) is 10.8. The van der Waals surface area contributed by atoms with Crippen LogP contribution in [-0.2, 0) is 17.8 Å². The number of aromatic amines is 1. The molecule has 2 N–H and O–H groups in total. The van der Waals surface area contributed by atoms with Gasteiger partial charge in [-0.15, -0.1) is 0 Å². The average Bonchev–Trinajstić information content (AvgIpc) is 3.23. The molecule has 7 heteroatoms. The molecule has 22 heavy (non-hydrogen) atoms. The molecule has 1 amide bonds. The summed E-state index contributed by atoms with van der Waals surface area (Å²) in [6, 6.07) is 9.87. The van der Waals surface area contributed by atoms with Gasteiger partial charge in [-0.1, -0.05) is 18.2 Å². The maximum Gasteiger partial charge on any atom is 0.220 e. The zero-order valence-electron chi connectivity index (χ0n) is 11.9. The first kappa shape index (κ1) is 14.0. The van der Waals surface area contributed by atoms with E-state index in [1.807, 2.05) is 41.2 Å². The molecule has 0 unspecified atom stereocenters. The van der Waals surface area contributed by atoms with Gasteiger partial charge in [0.1, 0.15) is 5.69 Å². The van der Waals surface area contributed by atoms with Crippen molar-refractivity contribution in [1.29, 1.82) is 0 Å². The Balaban J connectivity index is 1.49. The number of aryl methyl sites for hydroxylation is 1. The van der Waals surface area contributed by atoms with Crippen molar-refractivity contribution in [3.8, 4) is 5.69 Å². The molecule has 7 nitrogen and oxygen atoms in total. The molecule has 3 aromatic rings. The van der Waals surface area contributed by atoms with Gasteiger partial charge in [0.15, 0.2) is 0 Å². The standard InChI is InChI=1S/C15H16N6O/c22-15(16-9-13-10-17-20-19-13)7-6-12-8-18-21(11-12)14-4-2-1-3-5-14/h1-5,8,10-11H,6-7,9H2,(H,16,22)(H,17,19,20). The zero-order chi connectivity index (χ0) is 15.2. The highest BCUT2D eigenvalue weighted by Gasteiger charge is 2.06. The van der Waals surface area contributed by atoms with Crippen molar-refractivity contribution < 1.29 is 4.79 Å². The van der Waals surface area contributed by atoms with Crippen LogP contribution >= 0.6 is 0 Å². The van der Waals surface area contributed by atoms with Crippen LogP contribution in [0.4, 0.5) is 0 Å². The van der Waals surface area contributed by atoms with E-state index in [4.69, 9.17) is 0 Å². The number of H-pyrrole nitrogens is 1. The normalized spacial score (nSPS) is 10.5. The Kier molecular flexibility index (Phi) is 4.24. The molecule has 112 valence electrons. The summed E-state index contributed by atoms with van der Waals surface area (Å²) in [4.78, 5) is 11.8. The monoisotopic (exact) mass is 296 g/mol. The summed E-state index contributed by atoms with van der Waals surface area (Å²) in [6.45, 7) is 0.388. The fourth-order valence-corrected chi connectivity index (χ4v) is 2.06. The van der Waals surface area contributed by atoms with Crippen molar-refractivity contribution in [2.24, 2.45) is 0 Å². The molecular weight excluding hydrogens is 280 g/mol. The van der Waals surface area contributed by atoms with E-state index < -0.39 is 0 Å². The quantitative estimate of drug-likeness (QED) is 0.716. The number of benzene rings is 1. The third kappa shape index (κ3) is 3.57. The van der Waals surface area contributed by atoms with E-state index in [9.17, 15) is 4.79 Å². The van der Waals surface area contributed by atoms with Crippen LogP contribution in [0.1, 0.15) is 17.7 Å². The van der Waals surface area contributed by atoms with E-state index in [1.54, 1.807) is 12.4 Å². The van der Waals surface area contributed by atoms with Crippen LogP contribution in [0.3, 0.4) is 0 Å². The lowest BCUT2D eigenvalue weighted by Crippen LogP contribution is -2.23. The summed E-state index contributed by atoms with van der Waals surface area (Å²) in [5.41, 5.74) is 2.75. The molecule has 0 radical (unpaired) electrons. The minimum absolute atomic E-state index is 0.0181. The smallest absolute Gasteiger partial charge is 0.220 e. The number of hydrogen-bond donors (Lipinski definition) is 2. The van der Waals surface area contributed by atoms with Gasteiger partial charge < -0.3 is 5.32 Å². The van der Waals surface area contributed by atoms with E-state index in [2.05, 4.69) is 25.8 Å². The predicted octanol–water partition coefficient (Wildman–Crippen LogP) is 1.24. The summed E-state index contributed by atoms with van der Waals surface area (Å²) < 4.78 is 1.81. The van der Waals surface area contributed by atoms with Crippen LogP contribution in [0.2, 0.25) is 0 Å². The van der Waals surface area contributed by atoms with Crippen LogP contribution in [0.25, 0.3) is 5.69 Å². The van der Waals surface area contributed by atoms with Gasteiger partial charge in [0, 0.05) is 12.6 Å². The van der Waals surface area contributed by atoms with Crippen molar-refractivity contribution >= 4 is 5.91 Å². The Labute approximate surface area is 127 Å². The first-order valence-corrected chi connectivity index (χ1v) is 7.01. The number of aromatic nitrogens is 5. The molecule has 0 atom stereocenters. The van der Waals surface area contributed by atoms with Crippen LogP contribution in [-0.4, -0.2) is 31.1 Å². The molecule has 0 saturated carbocycles. The molecule has 2 aromatic heterocycles. The molecule has 0 spiro atoms. The van der Waals surface area contributed by atoms with Gasteiger partial charge >= 0.3 is 0 Å². The molecule has 2 heterocycles. The summed E-state index contributed by atoms with van der Waals surface area (Å²) >= 11 is 0. The van der Waals surface area contributed by atoms with E-state index in [-0.39, 0.29) is 5.91 Å². The highest BCUT2D eigenvalue weighted by atomic mass is 16.1. The minimum Gasteiger partial charge on any atom is -0.350 e. The van der Waals surface area contributed by atoms with Crippen molar-refractivity contribution in [3.05, 3.63) is 60.2 Å². The maximum absolute atomic E-state index is 11.8. The number of hydrogen-bond acceptors (Lipinski definition) is 4. The van der Waals surface area contributed by atoms with Gasteiger partial charge in [-0.3, -0.25) is 4.79 Å². The van der Waals surface area contributed by atoms with Crippen LogP contribution in [0.15, 0.2) is 48.9 Å². The predicted molar refractivity (Wildman–Crippen MR) is 80.1 cm³/mol. The van der Waals surface area contributed by atoms with Gasteiger partial charge in [0.25, 0.3) is 0 Å². The molecule has 0 bridgehead atoms. The van der Waals surface area contributed by atoms with E-state index in [0.717, 1.165) is 11.3 Å². The highest BCUT2D eigenvalue weighted by molar-refractivity contribution is 5.76. The Bertz CT molecular complexity index is 720. The second kappa shape index (κ2) is 6.66. The molecule has 0 aliphatic rings. The topological polar surface area (TPSA) is 88.5 Å². The van der Waals surface area contributed by atoms with Gasteiger partial charge in [0.05, 0.1) is 24.6 Å². The van der Waals surface area contributed by atoms with Crippen molar-refractivity contribution in [3.63, 3.8) is 0 Å². The Morgan fingerprint density at radius 2 is 2.09 bits per heavy atom.